The Hall–Kier alpha value is -0.480. The van der Waals surface area contributed by atoms with E-state index in [9.17, 15) is 0 Å². The molecule has 1 rings (SSSR count). The van der Waals surface area contributed by atoms with Gasteiger partial charge in [0.05, 0.1) is 0 Å². The van der Waals surface area contributed by atoms with Crippen molar-refractivity contribution in [3.05, 3.63) is 16.5 Å². The third-order valence-corrected chi connectivity index (χ3v) is 4.06. The second-order valence-corrected chi connectivity index (χ2v) is 7.12. The van der Waals surface area contributed by atoms with Gasteiger partial charge < -0.3 is 5.32 Å². The Labute approximate surface area is 119 Å². The van der Waals surface area contributed by atoms with E-state index in [0.29, 0.717) is 10.4 Å². The summed E-state index contributed by atoms with van der Waals surface area (Å²) in [6, 6.07) is 0. The molecule has 0 saturated carbocycles. The summed E-state index contributed by atoms with van der Waals surface area (Å²) in [5, 5.41) is 4.44. The van der Waals surface area contributed by atoms with Crippen LogP contribution in [0.2, 0.25) is 5.15 Å². The fraction of sp³-hybridized carbons (Fsp3) is 0.692. The number of hydrogen-bond donors (Lipinski definition) is 1. The van der Waals surface area contributed by atoms with Crippen molar-refractivity contribution < 1.29 is 0 Å². The van der Waals surface area contributed by atoms with Crippen LogP contribution >= 0.6 is 23.4 Å². The van der Waals surface area contributed by atoms with Crippen LogP contribution in [0.1, 0.15) is 39.1 Å². The molecule has 0 bridgehead atoms. The topological polar surface area (TPSA) is 37.8 Å². The van der Waals surface area contributed by atoms with Crippen LogP contribution in [0.5, 0.6) is 0 Å². The van der Waals surface area contributed by atoms with Crippen molar-refractivity contribution >= 4 is 29.2 Å². The number of anilines is 1. The Morgan fingerprint density at radius 2 is 1.94 bits per heavy atom. The molecule has 0 saturated heterocycles. The van der Waals surface area contributed by atoms with Gasteiger partial charge in [0.2, 0.25) is 0 Å². The second kappa shape index (κ2) is 6.11. The van der Waals surface area contributed by atoms with Gasteiger partial charge in [-0.1, -0.05) is 39.3 Å². The van der Waals surface area contributed by atoms with Crippen LogP contribution < -0.4 is 5.32 Å². The first-order valence-electron chi connectivity index (χ1n) is 6.07. The maximum atomic E-state index is 6.18. The van der Waals surface area contributed by atoms with Crippen molar-refractivity contribution in [1.29, 1.82) is 0 Å². The summed E-state index contributed by atoms with van der Waals surface area (Å²) >= 11 is 8.00. The lowest BCUT2D eigenvalue weighted by Crippen LogP contribution is -2.20. The molecule has 0 amide bonds. The lowest BCUT2D eigenvalue weighted by atomic mass is 9.95. The Morgan fingerprint density at radius 3 is 2.44 bits per heavy atom. The zero-order valence-electron chi connectivity index (χ0n) is 12.0. The third-order valence-electron chi connectivity index (χ3n) is 2.72. The van der Waals surface area contributed by atoms with Crippen molar-refractivity contribution in [2.45, 2.75) is 45.3 Å². The van der Waals surface area contributed by atoms with E-state index in [0.717, 1.165) is 23.8 Å². The van der Waals surface area contributed by atoms with Crippen molar-refractivity contribution in [3.63, 3.8) is 0 Å². The van der Waals surface area contributed by atoms with Gasteiger partial charge in [0.1, 0.15) is 16.8 Å². The summed E-state index contributed by atoms with van der Waals surface area (Å²) < 4.78 is 0. The predicted octanol–water partition coefficient (Wildman–Crippen LogP) is 3.90. The van der Waals surface area contributed by atoms with E-state index in [1.54, 1.807) is 0 Å². The van der Waals surface area contributed by atoms with Crippen molar-refractivity contribution in [1.82, 2.24) is 9.97 Å². The summed E-state index contributed by atoms with van der Waals surface area (Å²) in [4.78, 5) is 8.96. The first-order valence-corrected chi connectivity index (χ1v) is 7.73. The maximum absolute atomic E-state index is 6.18. The molecule has 3 nitrogen and oxygen atoms in total. The Kier molecular flexibility index (Phi) is 5.29. The van der Waals surface area contributed by atoms with E-state index in [1.807, 2.05) is 18.7 Å². The van der Waals surface area contributed by atoms with E-state index in [2.05, 4.69) is 49.2 Å². The monoisotopic (exact) mass is 287 g/mol. The van der Waals surface area contributed by atoms with Gasteiger partial charge in [0.15, 0.2) is 0 Å². The summed E-state index contributed by atoms with van der Waals surface area (Å²) in [5.41, 5.74) is 0.816. The minimum atomic E-state index is -0.0983. The molecule has 0 aliphatic heterocycles. The quantitative estimate of drug-likeness (QED) is 0.853. The molecule has 18 heavy (non-hydrogen) atoms. The van der Waals surface area contributed by atoms with E-state index in [1.165, 1.54) is 0 Å². The average Bonchev–Trinajstić information content (AvgIpc) is 2.28. The number of nitrogens with one attached hydrogen (secondary N) is 1. The first kappa shape index (κ1) is 15.6. The normalized spacial score (nSPS) is 13.5. The van der Waals surface area contributed by atoms with Gasteiger partial charge >= 0.3 is 0 Å². The largest absolute Gasteiger partial charge is 0.369 e. The van der Waals surface area contributed by atoms with E-state index in [4.69, 9.17) is 11.6 Å². The molecule has 1 aromatic rings. The SMILES string of the molecule is CSC(C)CNc1nc(C(C)(C)C)nc(Cl)c1C. The van der Waals surface area contributed by atoms with Gasteiger partial charge in [-0.25, -0.2) is 9.97 Å². The molecular weight excluding hydrogens is 266 g/mol. The molecule has 102 valence electrons. The minimum Gasteiger partial charge on any atom is -0.369 e. The van der Waals surface area contributed by atoms with Crippen LogP contribution in [0.4, 0.5) is 5.82 Å². The molecule has 0 aromatic carbocycles. The lowest BCUT2D eigenvalue weighted by molar-refractivity contribution is 0.545. The molecule has 5 heteroatoms. The molecule has 0 radical (unpaired) electrons. The van der Waals surface area contributed by atoms with Gasteiger partial charge in [-0.05, 0) is 13.2 Å². The molecule has 0 aliphatic rings. The van der Waals surface area contributed by atoms with Crippen LogP contribution in [-0.2, 0) is 5.41 Å². The van der Waals surface area contributed by atoms with Crippen LogP contribution in [0.15, 0.2) is 0 Å². The predicted molar refractivity (Wildman–Crippen MR) is 81.9 cm³/mol. The zero-order valence-corrected chi connectivity index (χ0v) is 13.5. The molecule has 0 spiro atoms. The molecular formula is C13H22ClN3S. The van der Waals surface area contributed by atoms with Gasteiger partial charge in [0.25, 0.3) is 0 Å². The third kappa shape index (κ3) is 4.02. The molecule has 1 aromatic heterocycles. The van der Waals surface area contributed by atoms with Crippen molar-refractivity contribution in [3.8, 4) is 0 Å². The molecule has 1 N–H and O–H groups in total. The highest BCUT2D eigenvalue weighted by molar-refractivity contribution is 7.99. The zero-order chi connectivity index (χ0) is 13.9. The van der Waals surface area contributed by atoms with E-state index in [-0.39, 0.29) is 5.41 Å². The van der Waals surface area contributed by atoms with E-state index >= 15 is 0 Å². The van der Waals surface area contributed by atoms with Crippen LogP contribution in [0.3, 0.4) is 0 Å². The standard InChI is InChI=1S/C13H22ClN3S/c1-8(18-6)7-15-11-9(2)10(14)16-12(17-11)13(3,4)5/h8H,7H2,1-6H3,(H,15,16,17). The lowest BCUT2D eigenvalue weighted by Gasteiger charge is -2.20. The van der Waals surface area contributed by atoms with Crippen LogP contribution in [-0.4, -0.2) is 28.0 Å². The average molecular weight is 288 g/mol. The number of thioether (sulfide) groups is 1. The molecule has 0 fully saturated rings. The number of rotatable bonds is 4. The van der Waals surface area contributed by atoms with Crippen molar-refractivity contribution in [2.24, 2.45) is 0 Å². The maximum Gasteiger partial charge on any atom is 0.137 e. The molecule has 0 aliphatic carbocycles. The molecule has 1 heterocycles. The first-order chi connectivity index (χ1) is 8.25. The van der Waals surface area contributed by atoms with Gasteiger partial charge in [0, 0.05) is 22.8 Å². The van der Waals surface area contributed by atoms with Crippen LogP contribution in [0.25, 0.3) is 0 Å². The highest BCUT2D eigenvalue weighted by atomic mass is 35.5. The minimum absolute atomic E-state index is 0.0983. The Balaban J connectivity index is 3.00. The highest BCUT2D eigenvalue weighted by Crippen LogP contribution is 2.26. The van der Waals surface area contributed by atoms with Crippen molar-refractivity contribution in [2.75, 3.05) is 18.1 Å². The Morgan fingerprint density at radius 1 is 1.33 bits per heavy atom. The fourth-order valence-electron chi connectivity index (χ4n) is 1.32. The van der Waals surface area contributed by atoms with Gasteiger partial charge in [-0.2, -0.15) is 11.8 Å². The van der Waals surface area contributed by atoms with Gasteiger partial charge in [-0.3, -0.25) is 0 Å². The molecule has 1 atom stereocenters. The summed E-state index contributed by atoms with van der Waals surface area (Å²) in [6.45, 7) is 11.3. The highest BCUT2D eigenvalue weighted by Gasteiger charge is 2.20. The smallest absolute Gasteiger partial charge is 0.137 e. The summed E-state index contributed by atoms with van der Waals surface area (Å²) in [7, 11) is 0. The van der Waals surface area contributed by atoms with E-state index < -0.39 is 0 Å². The second-order valence-electron chi connectivity index (χ2n) is 5.49. The summed E-state index contributed by atoms with van der Waals surface area (Å²) in [6.07, 6.45) is 2.10. The summed E-state index contributed by atoms with van der Waals surface area (Å²) in [5.74, 6) is 1.62. The number of aromatic nitrogens is 2. The number of nitrogens with zero attached hydrogens (tertiary/aromatic N) is 2. The van der Waals surface area contributed by atoms with Crippen LogP contribution in [0, 0.1) is 6.92 Å². The number of halogens is 1. The Bertz CT molecular complexity index is 415. The molecule has 1 unspecified atom stereocenters. The van der Waals surface area contributed by atoms with Gasteiger partial charge in [-0.15, -0.1) is 0 Å². The fourth-order valence-corrected chi connectivity index (χ4v) is 1.74. The number of hydrogen-bond acceptors (Lipinski definition) is 4.